The Morgan fingerprint density at radius 2 is 1.90 bits per heavy atom. The third kappa shape index (κ3) is 5.48. The fourth-order valence-electron chi connectivity index (χ4n) is 1.30. The Hall–Kier alpha value is -1.75. The van der Waals surface area contributed by atoms with Gasteiger partial charge in [-0.15, -0.1) is 4.92 Å². The molecule has 1 rings (SSSR count). The van der Waals surface area contributed by atoms with Crippen LogP contribution < -0.4 is 10.6 Å². The number of nitrogens with zero attached hydrogens (tertiary/aromatic N) is 1. The summed E-state index contributed by atoms with van der Waals surface area (Å²) >= 11 is 5.80. The molecule has 0 heterocycles. The Morgan fingerprint density at radius 3 is 2.35 bits per heavy atom. The fourth-order valence-corrected chi connectivity index (χ4v) is 1.42. The highest BCUT2D eigenvalue weighted by molar-refractivity contribution is 6.30. The maximum atomic E-state index is 10.7. The summed E-state index contributed by atoms with van der Waals surface area (Å²) < 4.78 is 0. The van der Waals surface area contributed by atoms with E-state index in [-0.39, 0.29) is 17.3 Å². The third-order valence-corrected chi connectivity index (χ3v) is 3.23. The Kier molecular flexibility index (Phi) is 5.39. The van der Waals surface area contributed by atoms with E-state index in [0.29, 0.717) is 10.7 Å². The van der Waals surface area contributed by atoms with Crippen molar-refractivity contribution in [3.8, 4) is 0 Å². The van der Waals surface area contributed by atoms with Gasteiger partial charge in [0.05, 0.1) is 0 Å². The van der Waals surface area contributed by atoms with Crippen molar-refractivity contribution in [3.63, 3.8) is 0 Å². The quantitative estimate of drug-likeness (QED) is 0.377. The minimum atomic E-state index is -0.610. The molecule has 0 aromatic heterocycles. The monoisotopic (exact) mass is 296 g/mol. The van der Waals surface area contributed by atoms with E-state index in [9.17, 15) is 10.1 Å². The molecule has 0 saturated carbocycles. The molecule has 0 fully saturated rings. The van der Waals surface area contributed by atoms with Crippen molar-refractivity contribution in [1.82, 2.24) is 5.32 Å². The lowest BCUT2D eigenvalue weighted by atomic mass is 9.88. The van der Waals surface area contributed by atoms with Gasteiger partial charge in [-0.3, -0.25) is 10.1 Å². The summed E-state index contributed by atoms with van der Waals surface area (Å²) in [6, 6.07) is 6.94. The number of hydrogen-bond donors (Lipinski definition) is 2. The lowest BCUT2D eigenvalue weighted by Crippen LogP contribution is -2.39. The van der Waals surface area contributed by atoms with Crippen LogP contribution in [0.1, 0.15) is 27.7 Å². The van der Waals surface area contributed by atoms with Crippen LogP contribution in [0.5, 0.6) is 0 Å². The molecule has 1 unspecified atom stereocenters. The first-order valence-electron chi connectivity index (χ1n) is 6.25. The molecule has 5 nitrogen and oxygen atoms in total. The molecule has 1 atom stereocenters. The van der Waals surface area contributed by atoms with Crippen molar-refractivity contribution in [2.45, 2.75) is 33.7 Å². The van der Waals surface area contributed by atoms with Crippen LogP contribution in [-0.4, -0.2) is 11.0 Å². The van der Waals surface area contributed by atoms with Crippen molar-refractivity contribution >= 4 is 17.3 Å². The highest BCUT2D eigenvalue weighted by Gasteiger charge is 2.19. The zero-order valence-corrected chi connectivity index (χ0v) is 12.8. The minimum Gasteiger partial charge on any atom is -0.394 e. The summed E-state index contributed by atoms with van der Waals surface area (Å²) in [5.41, 5.74) is 0.665. The molecule has 20 heavy (non-hydrogen) atoms. The van der Waals surface area contributed by atoms with Gasteiger partial charge in [0, 0.05) is 16.8 Å². The van der Waals surface area contributed by atoms with E-state index in [0.717, 1.165) is 0 Å². The summed E-state index contributed by atoms with van der Waals surface area (Å²) in [7, 11) is 0. The first-order valence-corrected chi connectivity index (χ1v) is 6.63. The minimum absolute atomic E-state index is 0.0322. The number of anilines is 1. The van der Waals surface area contributed by atoms with Crippen LogP contribution in [0.4, 0.5) is 5.69 Å². The first kappa shape index (κ1) is 16.3. The number of nitrogens with one attached hydrogen (secondary N) is 2. The van der Waals surface area contributed by atoms with Gasteiger partial charge in [-0.1, -0.05) is 38.6 Å². The van der Waals surface area contributed by atoms with Crippen LogP contribution in [0, 0.1) is 21.7 Å². The highest BCUT2D eigenvalue weighted by Crippen LogP contribution is 2.20. The number of rotatable bonds is 5. The molecule has 110 valence electrons. The van der Waals surface area contributed by atoms with Gasteiger partial charge in [0.1, 0.15) is 0 Å². The van der Waals surface area contributed by atoms with Gasteiger partial charge in [0.15, 0.2) is 0 Å². The maximum Gasteiger partial charge on any atom is 0.0407 e. The maximum absolute atomic E-state index is 10.7. The Balaban J connectivity index is 2.86. The molecule has 2 N–H and O–H groups in total. The molecule has 0 radical (unpaired) electrons. The first-order chi connectivity index (χ1) is 9.18. The van der Waals surface area contributed by atoms with E-state index in [1.807, 2.05) is 6.92 Å². The standard InChI is InChI=1S/C14H19ClN3O2/c1-10(14(2,3)4)16-13(9-18(19)20)17-12-7-5-11(15)6-8-12/h5-8,10,16-17H,1-4H3/q-1. The van der Waals surface area contributed by atoms with Gasteiger partial charge in [-0.2, -0.15) is 0 Å². The lowest BCUT2D eigenvalue weighted by molar-refractivity contribution is -0.421. The number of halogens is 1. The van der Waals surface area contributed by atoms with Crippen LogP contribution in [0.2, 0.25) is 5.02 Å². The molecule has 0 spiro atoms. The van der Waals surface area contributed by atoms with Gasteiger partial charge in [0.25, 0.3) is 0 Å². The SMILES string of the molecule is CC(NC(=[C-][N+](=O)[O-])Nc1ccc(Cl)cc1)C(C)(C)C. The van der Waals surface area contributed by atoms with Crippen molar-refractivity contribution < 1.29 is 4.92 Å². The second-order valence-electron chi connectivity index (χ2n) is 5.61. The summed E-state index contributed by atoms with van der Waals surface area (Å²) in [6.07, 6.45) is 2.13. The molecule has 0 amide bonds. The van der Waals surface area contributed by atoms with Crippen molar-refractivity contribution in [1.29, 1.82) is 0 Å². The highest BCUT2D eigenvalue weighted by atomic mass is 35.5. The van der Waals surface area contributed by atoms with Crippen molar-refractivity contribution in [2.24, 2.45) is 5.41 Å². The van der Waals surface area contributed by atoms with Crippen LogP contribution >= 0.6 is 11.6 Å². The predicted molar refractivity (Wildman–Crippen MR) is 80.9 cm³/mol. The van der Waals surface area contributed by atoms with Gasteiger partial charge in [0.2, 0.25) is 0 Å². The number of nitro groups is 1. The third-order valence-electron chi connectivity index (χ3n) is 2.98. The normalized spacial score (nSPS) is 13.8. The molecule has 0 aliphatic rings. The van der Waals surface area contributed by atoms with Crippen molar-refractivity contribution in [3.05, 3.63) is 51.4 Å². The average molecular weight is 297 g/mol. The summed E-state index contributed by atoms with van der Waals surface area (Å²) in [4.78, 5) is 10.0. The van der Waals surface area contributed by atoms with Crippen molar-refractivity contribution in [2.75, 3.05) is 5.32 Å². The molecule has 1 aromatic rings. The topological polar surface area (TPSA) is 67.2 Å². The average Bonchev–Trinajstić information content (AvgIpc) is 2.30. The van der Waals surface area contributed by atoms with E-state index in [1.54, 1.807) is 24.3 Å². The van der Waals surface area contributed by atoms with Gasteiger partial charge < -0.3 is 10.6 Å². The summed E-state index contributed by atoms with van der Waals surface area (Å²) in [5.74, 6) is 0.222. The van der Waals surface area contributed by atoms with Crippen LogP contribution in [-0.2, 0) is 0 Å². The van der Waals surface area contributed by atoms with Crippen LogP contribution in [0.3, 0.4) is 0 Å². The van der Waals surface area contributed by atoms with E-state index >= 15 is 0 Å². The van der Waals surface area contributed by atoms with Gasteiger partial charge in [-0.05, 0) is 42.4 Å². The Morgan fingerprint density at radius 1 is 1.35 bits per heavy atom. The molecular formula is C14H19ClN3O2-. The van der Waals surface area contributed by atoms with Gasteiger partial charge in [-0.25, -0.2) is 0 Å². The molecule has 0 aliphatic carbocycles. The molecule has 0 saturated heterocycles. The molecular weight excluding hydrogens is 278 g/mol. The van der Waals surface area contributed by atoms with E-state index in [1.165, 1.54) is 0 Å². The van der Waals surface area contributed by atoms with Gasteiger partial charge >= 0.3 is 0 Å². The van der Waals surface area contributed by atoms with Crippen LogP contribution in [0.25, 0.3) is 0 Å². The van der Waals surface area contributed by atoms with Crippen LogP contribution in [0.15, 0.2) is 30.1 Å². The molecule has 0 aliphatic heterocycles. The van der Waals surface area contributed by atoms with E-state index < -0.39 is 4.92 Å². The molecule has 1 aromatic carbocycles. The Bertz CT molecular complexity index is 492. The summed E-state index contributed by atoms with van der Waals surface area (Å²) in [5, 5.41) is 17.3. The second kappa shape index (κ2) is 6.61. The fraction of sp³-hybridized carbons (Fsp3) is 0.429. The smallest absolute Gasteiger partial charge is 0.0407 e. The zero-order valence-electron chi connectivity index (χ0n) is 12.0. The molecule has 0 bridgehead atoms. The largest absolute Gasteiger partial charge is 0.394 e. The summed E-state index contributed by atoms with van der Waals surface area (Å²) in [6.45, 7) is 8.12. The number of hydrogen-bond acceptors (Lipinski definition) is 4. The zero-order chi connectivity index (χ0) is 15.3. The Labute approximate surface area is 124 Å². The predicted octanol–water partition coefficient (Wildman–Crippen LogP) is 3.65. The van der Waals surface area contributed by atoms with E-state index in [2.05, 4.69) is 37.6 Å². The number of benzene rings is 1. The van der Waals surface area contributed by atoms with E-state index in [4.69, 9.17) is 11.6 Å². The molecule has 6 heteroatoms. The lowest BCUT2D eigenvalue weighted by Gasteiger charge is -2.32. The second-order valence-corrected chi connectivity index (χ2v) is 6.04.